The molecule has 1 saturated carbocycles. The number of hydrogen-bond donors (Lipinski definition) is 1. The van der Waals surface area contributed by atoms with Crippen molar-refractivity contribution in [3.63, 3.8) is 0 Å². The highest BCUT2D eigenvalue weighted by Crippen LogP contribution is 2.19. The van der Waals surface area contributed by atoms with Gasteiger partial charge in [0.2, 0.25) is 0 Å². The number of hydrogen-bond acceptors (Lipinski definition) is 4. The van der Waals surface area contributed by atoms with Gasteiger partial charge in [-0.1, -0.05) is 6.92 Å². The molecule has 0 saturated heterocycles. The lowest BCUT2D eigenvalue weighted by molar-refractivity contribution is 0.0359. The Bertz CT molecular complexity index is 198. The van der Waals surface area contributed by atoms with Crippen molar-refractivity contribution in [1.82, 2.24) is 10.2 Å². The second kappa shape index (κ2) is 8.03. The maximum atomic E-state index is 5.35. The van der Waals surface area contributed by atoms with E-state index in [0.29, 0.717) is 12.1 Å². The molecule has 4 nitrogen and oxygen atoms in total. The Hall–Kier alpha value is -0.160. The van der Waals surface area contributed by atoms with E-state index in [9.17, 15) is 0 Å². The SMILES string of the molecule is CCN(C(C)COC)C(CNC1CC1)COC. The number of nitrogens with one attached hydrogen (secondary N) is 1. The van der Waals surface area contributed by atoms with Crippen LogP contribution in [-0.4, -0.2) is 63.5 Å². The van der Waals surface area contributed by atoms with Crippen LogP contribution in [0.15, 0.2) is 0 Å². The number of likely N-dealkylation sites (N-methyl/N-ethyl adjacent to an activating group) is 1. The van der Waals surface area contributed by atoms with Crippen molar-refractivity contribution in [3.8, 4) is 0 Å². The van der Waals surface area contributed by atoms with E-state index in [1.54, 1.807) is 14.2 Å². The van der Waals surface area contributed by atoms with E-state index in [1.165, 1.54) is 12.8 Å². The molecule has 1 N–H and O–H groups in total. The lowest BCUT2D eigenvalue weighted by Gasteiger charge is -2.35. The number of methoxy groups -OCH3 is 2. The lowest BCUT2D eigenvalue weighted by Crippen LogP contribution is -2.50. The zero-order valence-corrected chi connectivity index (χ0v) is 11.7. The Balaban J connectivity index is 2.43. The molecular weight excluding hydrogens is 216 g/mol. The molecule has 0 aromatic carbocycles. The summed E-state index contributed by atoms with van der Waals surface area (Å²) >= 11 is 0. The van der Waals surface area contributed by atoms with Crippen LogP contribution >= 0.6 is 0 Å². The topological polar surface area (TPSA) is 33.7 Å². The molecule has 2 unspecified atom stereocenters. The first-order valence-corrected chi connectivity index (χ1v) is 6.69. The molecule has 0 aromatic heterocycles. The van der Waals surface area contributed by atoms with Crippen LogP contribution in [0.4, 0.5) is 0 Å². The molecule has 4 heteroatoms. The smallest absolute Gasteiger partial charge is 0.0630 e. The minimum absolute atomic E-state index is 0.436. The normalized spacial score (nSPS) is 19.6. The minimum atomic E-state index is 0.436. The first kappa shape index (κ1) is 14.9. The summed E-state index contributed by atoms with van der Waals surface area (Å²) in [5.41, 5.74) is 0. The third-order valence-corrected chi connectivity index (χ3v) is 3.39. The molecule has 1 aliphatic rings. The predicted octanol–water partition coefficient (Wildman–Crippen LogP) is 1.11. The zero-order valence-electron chi connectivity index (χ0n) is 11.7. The van der Waals surface area contributed by atoms with Gasteiger partial charge >= 0.3 is 0 Å². The van der Waals surface area contributed by atoms with Gasteiger partial charge in [0.05, 0.1) is 13.2 Å². The molecule has 1 aliphatic carbocycles. The van der Waals surface area contributed by atoms with E-state index in [2.05, 4.69) is 24.1 Å². The van der Waals surface area contributed by atoms with E-state index in [0.717, 1.165) is 32.3 Å². The maximum absolute atomic E-state index is 5.35. The van der Waals surface area contributed by atoms with E-state index in [1.807, 2.05) is 0 Å². The first-order chi connectivity index (χ1) is 8.22. The largest absolute Gasteiger partial charge is 0.383 e. The van der Waals surface area contributed by atoms with Crippen LogP contribution in [0.1, 0.15) is 26.7 Å². The molecule has 0 radical (unpaired) electrons. The third kappa shape index (κ3) is 5.34. The van der Waals surface area contributed by atoms with Crippen molar-refractivity contribution in [2.24, 2.45) is 0 Å². The van der Waals surface area contributed by atoms with Crippen molar-refractivity contribution < 1.29 is 9.47 Å². The number of nitrogens with zero attached hydrogens (tertiary/aromatic N) is 1. The number of ether oxygens (including phenoxy) is 2. The molecule has 102 valence electrons. The Labute approximate surface area is 106 Å². The molecule has 0 heterocycles. The molecule has 1 rings (SSSR count). The average Bonchev–Trinajstić information content (AvgIpc) is 3.11. The summed E-state index contributed by atoms with van der Waals surface area (Å²) in [6.45, 7) is 8.02. The van der Waals surface area contributed by atoms with Gasteiger partial charge in [-0.25, -0.2) is 0 Å². The maximum Gasteiger partial charge on any atom is 0.0630 e. The highest BCUT2D eigenvalue weighted by atomic mass is 16.5. The van der Waals surface area contributed by atoms with Crippen LogP contribution in [0.5, 0.6) is 0 Å². The lowest BCUT2D eigenvalue weighted by atomic mass is 10.2. The molecule has 0 spiro atoms. The van der Waals surface area contributed by atoms with Gasteiger partial charge in [-0.3, -0.25) is 4.90 Å². The Kier molecular flexibility index (Phi) is 7.04. The first-order valence-electron chi connectivity index (χ1n) is 6.69. The summed E-state index contributed by atoms with van der Waals surface area (Å²) in [6.07, 6.45) is 2.67. The summed E-state index contributed by atoms with van der Waals surface area (Å²) in [7, 11) is 3.54. The standard InChI is InChI=1S/C13H28N2O2/c1-5-15(11(2)9-16-3)13(10-17-4)8-14-12-6-7-12/h11-14H,5-10H2,1-4H3. The second-order valence-corrected chi connectivity index (χ2v) is 4.93. The number of rotatable bonds is 10. The fraction of sp³-hybridized carbons (Fsp3) is 1.00. The Morgan fingerprint density at radius 3 is 2.35 bits per heavy atom. The van der Waals surface area contributed by atoms with Crippen LogP contribution in [0.25, 0.3) is 0 Å². The minimum Gasteiger partial charge on any atom is -0.383 e. The quantitative estimate of drug-likeness (QED) is 0.624. The molecule has 2 atom stereocenters. The van der Waals surface area contributed by atoms with Gasteiger partial charge in [0, 0.05) is 38.9 Å². The molecule has 0 bridgehead atoms. The Morgan fingerprint density at radius 1 is 1.24 bits per heavy atom. The van der Waals surface area contributed by atoms with Gasteiger partial charge < -0.3 is 14.8 Å². The van der Waals surface area contributed by atoms with Crippen molar-refractivity contribution in [2.45, 2.75) is 44.8 Å². The molecular formula is C13H28N2O2. The van der Waals surface area contributed by atoms with E-state index in [4.69, 9.17) is 9.47 Å². The monoisotopic (exact) mass is 244 g/mol. The molecule has 0 aromatic rings. The van der Waals surface area contributed by atoms with Crippen LogP contribution in [0.3, 0.4) is 0 Å². The van der Waals surface area contributed by atoms with Crippen molar-refractivity contribution in [1.29, 1.82) is 0 Å². The van der Waals surface area contributed by atoms with Crippen molar-refractivity contribution in [3.05, 3.63) is 0 Å². The highest BCUT2D eigenvalue weighted by molar-refractivity contribution is 4.85. The summed E-state index contributed by atoms with van der Waals surface area (Å²) in [5, 5.41) is 3.59. The highest BCUT2D eigenvalue weighted by Gasteiger charge is 2.26. The van der Waals surface area contributed by atoms with Gasteiger partial charge in [0.1, 0.15) is 0 Å². The molecule has 17 heavy (non-hydrogen) atoms. The summed E-state index contributed by atoms with van der Waals surface area (Å²) in [4.78, 5) is 2.46. The van der Waals surface area contributed by atoms with Gasteiger partial charge in [-0.05, 0) is 26.3 Å². The van der Waals surface area contributed by atoms with E-state index < -0.39 is 0 Å². The van der Waals surface area contributed by atoms with Crippen LogP contribution < -0.4 is 5.32 Å². The van der Waals surface area contributed by atoms with Crippen LogP contribution in [-0.2, 0) is 9.47 Å². The molecule has 1 fully saturated rings. The fourth-order valence-corrected chi connectivity index (χ4v) is 2.32. The van der Waals surface area contributed by atoms with E-state index >= 15 is 0 Å². The van der Waals surface area contributed by atoms with Crippen LogP contribution in [0.2, 0.25) is 0 Å². The van der Waals surface area contributed by atoms with Gasteiger partial charge in [-0.15, -0.1) is 0 Å². The van der Waals surface area contributed by atoms with Gasteiger partial charge in [-0.2, -0.15) is 0 Å². The fourth-order valence-electron chi connectivity index (χ4n) is 2.32. The summed E-state index contributed by atoms with van der Waals surface area (Å²) < 4.78 is 10.6. The second-order valence-electron chi connectivity index (χ2n) is 4.93. The third-order valence-electron chi connectivity index (χ3n) is 3.39. The summed E-state index contributed by atoms with van der Waals surface area (Å²) in [5.74, 6) is 0. The zero-order chi connectivity index (χ0) is 12.7. The Morgan fingerprint density at radius 2 is 1.88 bits per heavy atom. The van der Waals surface area contributed by atoms with Gasteiger partial charge in [0.25, 0.3) is 0 Å². The van der Waals surface area contributed by atoms with Crippen molar-refractivity contribution in [2.75, 3.05) is 40.5 Å². The molecule has 0 aliphatic heterocycles. The molecule has 0 amide bonds. The predicted molar refractivity (Wildman–Crippen MR) is 70.4 cm³/mol. The van der Waals surface area contributed by atoms with Crippen molar-refractivity contribution >= 4 is 0 Å². The summed E-state index contributed by atoms with van der Waals surface area (Å²) in [6, 6.07) is 1.63. The van der Waals surface area contributed by atoms with Gasteiger partial charge in [0.15, 0.2) is 0 Å². The van der Waals surface area contributed by atoms with E-state index in [-0.39, 0.29) is 0 Å². The van der Waals surface area contributed by atoms with Crippen LogP contribution in [0, 0.1) is 0 Å². The average molecular weight is 244 g/mol.